The summed E-state index contributed by atoms with van der Waals surface area (Å²) in [5.74, 6) is 0. The molecule has 0 atom stereocenters. The molecule has 0 aromatic heterocycles. The lowest BCUT2D eigenvalue weighted by atomic mass is 10.0. The van der Waals surface area contributed by atoms with E-state index in [-0.39, 0.29) is 0 Å². The first kappa shape index (κ1) is 9.80. The van der Waals surface area contributed by atoms with Gasteiger partial charge in [-0.05, 0) is 55.2 Å². The van der Waals surface area contributed by atoms with E-state index in [9.17, 15) is 0 Å². The normalized spacial score (nSPS) is 9.80. The minimum atomic E-state index is 1.11. The van der Waals surface area contributed by atoms with Gasteiger partial charge in [-0.3, -0.25) is 0 Å². The monoisotopic (exact) mass is 194 g/mol. The molecule has 0 saturated heterocycles. The van der Waals surface area contributed by atoms with Crippen LogP contribution in [-0.4, -0.2) is 0 Å². The van der Waals surface area contributed by atoms with Crippen molar-refractivity contribution in [3.05, 3.63) is 59.2 Å². The summed E-state index contributed by atoms with van der Waals surface area (Å²) in [6.45, 7) is 6.29. The zero-order valence-corrected chi connectivity index (χ0v) is 9.39. The van der Waals surface area contributed by atoms with E-state index in [1.165, 1.54) is 16.7 Å². The molecule has 2 rings (SSSR count). The van der Waals surface area contributed by atoms with Gasteiger partial charge in [0.05, 0.1) is 0 Å². The SMILES string of the molecule is Cc1c#cc(-c2ccc(C)c(C)c2)cc1. The highest BCUT2D eigenvalue weighted by Gasteiger charge is 1.98. The van der Waals surface area contributed by atoms with Gasteiger partial charge in [0.1, 0.15) is 0 Å². The summed E-state index contributed by atoms with van der Waals surface area (Å²) in [6, 6.07) is 16.9. The van der Waals surface area contributed by atoms with E-state index in [4.69, 9.17) is 0 Å². The van der Waals surface area contributed by atoms with Crippen molar-refractivity contribution in [1.82, 2.24) is 0 Å². The highest BCUT2D eigenvalue weighted by molar-refractivity contribution is 5.63. The van der Waals surface area contributed by atoms with Gasteiger partial charge < -0.3 is 0 Å². The Hall–Kier alpha value is -1.74. The summed E-state index contributed by atoms with van der Waals surface area (Å²) in [5, 5.41) is 0. The van der Waals surface area contributed by atoms with Gasteiger partial charge in [0.15, 0.2) is 0 Å². The summed E-state index contributed by atoms with van der Waals surface area (Å²) >= 11 is 0. The van der Waals surface area contributed by atoms with Gasteiger partial charge in [0, 0.05) is 5.56 Å². The number of rotatable bonds is 1. The second-order valence-electron chi connectivity index (χ2n) is 3.98. The van der Waals surface area contributed by atoms with Crippen molar-refractivity contribution in [1.29, 1.82) is 0 Å². The largest absolute Gasteiger partial charge is 0.0664 e. The van der Waals surface area contributed by atoms with Crippen molar-refractivity contribution >= 4 is 0 Å². The molecule has 0 aliphatic carbocycles. The summed E-state index contributed by atoms with van der Waals surface area (Å²) < 4.78 is 0. The molecule has 0 nitrogen and oxygen atoms in total. The Morgan fingerprint density at radius 1 is 0.800 bits per heavy atom. The van der Waals surface area contributed by atoms with Crippen LogP contribution < -0.4 is 0 Å². The van der Waals surface area contributed by atoms with Crippen LogP contribution in [0.4, 0.5) is 0 Å². The van der Waals surface area contributed by atoms with Gasteiger partial charge in [-0.15, -0.1) is 0 Å². The lowest BCUT2D eigenvalue weighted by molar-refractivity contribution is 1.34. The van der Waals surface area contributed by atoms with Gasteiger partial charge in [-0.2, -0.15) is 0 Å². The molecule has 0 amide bonds. The predicted molar refractivity (Wildman–Crippen MR) is 63.8 cm³/mol. The van der Waals surface area contributed by atoms with Gasteiger partial charge in [-0.1, -0.05) is 30.3 Å². The molecule has 0 aliphatic rings. The summed E-state index contributed by atoms with van der Waals surface area (Å²) in [4.78, 5) is 0. The van der Waals surface area contributed by atoms with Crippen LogP contribution in [0.2, 0.25) is 0 Å². The molecule has 0 saturated carbocycles. The van der Waals surface area contributed by atoms with Crippen molar-refractivity contribution < 1.29 is 0 Å². The van der Waals surface area contributed by atoms with Crippen molar-refractivity contribution in [2.75, 3.05) is 0 Å². The maximum absolute atomic E-state index is 3.17. The van der Waals surface area contributed by atoms with Crippen molar-refractivity contribution in [2.45, 2.75) is 20.8 Å². The highest BCUT2D eigenvalue weighted by Crippen LogP contribution is 2.20. The van der Waals surface area contributed by atoms with E-state index in [2.05, 4.69) is 56.3 Å². The average molecular weight is 194 g/mol. The summed E-state index contributed by atoms with van der Waals surface area (Å²) in [5.41, 5.74) is 6.11. The van der Waals surface area contributed by atoms with Crippen LogP contribution in [0.15, 0.2) is 30.3 Å². The summed E-state index contributed by atoms with van der Waals surface area (Å²) in [6.07, 6.45) is 0. The van der Waals surface area contributed by atoms with Gasteiger partial charge in [0.25, 0.3) is 0 Å². The lowest BCUT2D eigenvalue weighted by Crippen LogP contribution is -1.82. The first-order chi connectivity index (χ1) is 7.16. The van der Waals surface area contributed by atoms with E-state index in [1.54, 1.807) is 0 Å². The van der Waals surface area contributed by atoms with Gasteiger partial charge in [-0.25, -0.2) is 0 Å². The molecule has 0 N–H and O–H groups in total. The Morgan fingerprint density at radius 3 is 2.20 bits per heavy atom. The molecular formula is C15H14. The molecule has 0 bridgehead atoms. The molecule has 74 valence electrons. The standard InChI is InChI=1S/C15H14/c1-11-4-7-14(8-5-11)15-9-6-12(2)13(3)10-15/h4,6-7,9-10H,1-3H3. The highest BCUT2D eigenvalue weighted by atomic mass is 14.0. The molecule has 0 heterocycles. The maximum atomic E-state index is 3.17. The Labute approximate surface area is 91.6 Å². The molecule has 2 aromatic carbocycles. The van der Waals surface area contributed by atoms with Gasteiger partial charge in [0.2, 0.25) is 0 Å². The molecule has 2 aromatic rings. The van der Waals surface area contributed by atoms with E-state index >= 15 is 0 Å². The molecule has 0 spiro atoms. The van der Waals surface area contributed by atoms with E-state index in [0.717, 1.165) is 11.1 Å². The van der Waals surface area contributed by atoms with Crippen LogP contribution in [-0.2, 0) is 0 Å². The topological polar surface area (TPSA) is 0 Å². The third kappa shape index (κ3) is 2.02. The van der Waals surface area contributed by atoms with Crippen LogP contribution in [0, 0.1) is 32.9 Å². The quantitative estimate of drug-likeness (QED) is 0.646. The van der Waals surface area contributed by atoms with Crippen molar-refractivity contribution in [3.63, 3.8) is 0 Å². The van der Waals surface area contributed by atoms with Gasteiger partial charge >= 0.3 is 0 Å². The third-order valence-corrected chi connectivity index (χ3v) is 2.71. The Bertz CT molecular complexity index is 464. The predicted octanol–water partition coefficient (Wildman–Crippen LogP) is 3.88. The first-order valence-corrected chi connectivity index (χ1v) is 5.15. The average Bonchev–Trinajstić information content (AvgIpc) is 2.23. The molecule has 15 heavy (non-hydrogen) atoms. The minimum absolute atomic E-state index is 1.11. The Balaban J connectivity index is 2.45. The van der Waals surface area contributed by atoms with Crippen LogP contribution >= 0.6 is 0 Å². The lowest BCUT2D eigenvalue weighted by Gasteiger charge is -2.03. The zero-order valence-electron chi connectivity index (χ0n) is 9.39. The fourth-order valence-corrected chi connectivity index (χ4v) is 1.53. The fraction of sp³-hybridized carbons (Fsp3) is 0.200. The molecule has 0 unspecified atom stereocenters. The number of hydrogen-bond acceptors (Lipinski definition) is 0. The molecular weight excluding hydrogens is 180 g/mol. The summed E-state index contributed by atoms with van der Waals surface area (Å²) in [7, 11) is 0. The maximum Gasteiger partial charge on any atom is 0.0321 e. The second kappa shape index (κ2) is 3.79. The molecule has 0 radical (unpaired) electrons. The third-order valence-electron chi connectivity index (χ3n) is 2.71. The number of hydrogen-bond donors (Lipinski definition) is 0. The molecule has 0 fully saturated rings. The number of benzene rings is 1. The number of aryl methyl sites for hydroxylation is 3. The molecule has 0 aliphatic heterocycles. The van der Waals surface area contributed by atoms with Crippen molar-refractivity contribution in [3.8, 4) is 11.1 Å². The van der Waals surface area contributed by atoms with E-state index < -0.39 is 0 Å². The van der Waals surface area contributed by atoms with Crippen molar-refractivity contribution in [2.24, 2.45) is 0 Å². The van der Waals surface area contributed by atoms with E-state index in [0.29, 0.717) is 0 Å². The Morgan fingerprint density at radius 2 is 1.60 bits per heavy atom. The van der Waals surface area contributed by atoms with Crippen LogP contribution in [0.5, 0.6) is 0 Å². The van der Waals surface area contributed by atoms with E-state index in [1.807, 2.05) is 6.92 Å². The Kier molecular flexibility index (Phi) is 2.47. The first-order valence-electron chi connectivity index (χ1n) is 5.15. The van der Waals surface area contributed by atoms with Crippen LogP contribution in [0.3, 0.4) is 0 Å². The smallest absolute Gasteiger partial charge is 0.0321 e. The second-order valence-corrected chi connectivity index (χ2v) is 3.98. The zero-order chi connectivity index (χ0) is 10.8. The van der Waals surface area contributed by atoms with Crippen LogP contribution in [0.25, 0.3) is 11.1 Å². The fourth-order valence-electron chi connectivity index (χ4n) is 1.53. The van der Waals surface area contributed by atoms with Crippen LogP contribution in [0.1, 0.15) is 16.7 Å². The molecule has 0 heteroatoms. The minimum Gasteiger partial charge on any atom is -0.0664 e.